The number of rotatable bonds is 2. The predicted octanol–water partition coefficient (Wildman–Crippen LogP) is 1.85. The lowest BCUT2D eigenvalue weighted by atomic mass is 9.75. The Morgan fingerprint density at radius 1 is 1.33 bits per heavy atom. The van der Waals surface area contributed by atoms with E-state index in [0.29, 0.717) is 0 Å². The molecule has 1 aromatic heterocycles. The minimum Gasteiger partial charge on any atom is -0.379 e. The Labute approximate surface area is 94.1 Å². The van der Waals surface area contributed by atoms with E-state index < -0.39 is 0 Å². The van der Waals surface area contributed by atoms with Gasteiger partial charge in [-0.2, -0.15) is 0 Å². The summed E-state index contributed by atoms with van der Waals surface area (Å²) in [6.07, 6.45) is 5.83. The average Bonchev–Trinajstić information content (AvgIpc) is 2.72. The van der Waals surface area contributed by atoms with Gasteiger partial charge in [0.2, 0.25) is 0 Å². The molecule has 0 N–H and O–H groups in total. The molecule has 1 saturated heterocycles. The number of ether oxygens (including phenoxy) is 1. The van der Waals surface area contributed by atoms with Crippen LogP contribution in [0.25, 0.3) is 0 Å². The van der Waals surface area contributed by atoms with Crippen LogP contribution in [0, 0.1) is 0 Å². The van der Waals surface area contributed by atoms with Crippen LogP contribution in [0.4, 0.5) is 0 Å². The third-order valence-corrected chi connectivity index (χ3v) is 4.59. The molecule has 2 aliphatic rings. The molecule has 2 fully saturated rings. The minimum atomic E-state index is 0.276. The number of nitrogens with zero attached hydrogens (tertiary/aromatic N) is 2. The maximum Gasteiger partial charge on any atom is 0.113 e. The smallest absolute Gasteiger partial charge is 0.113 e. The van der Waals surface area contributed by atoms with Gasteiger partial charge in [-0.1, -0.05) is 0 Å². The van der Waals surface area contributed by atoms with Gasteiger partial charge in [0, 0.05) is 24.7 Å². The zero-order valence-corrected chi connectivity index (χ0v) is 9.63. The van der Waals surface area contributed by atoms with Crippen molar-refractivity contribution in [1.82, 2.24) is 9.88 Å². The van der Waals surface area contributed by atoms with Crippen molar-refractivity contribution in [2.45, 2.75) is 24.8 Å². The maximum atomic E-state index is 5.42. The summed E-state index contributed by atoms with van der Waals surface area (Å²) < 4.78 is 5.42. The van der Waals surface area contributed by atoms with E-state index >= 15 is 0 Å². The van der Waals surface area contributed by atoms with Gasteiger partial charge in [-0.25, -0.2) is 4.98 Å². The molecule has 0 aromatic carbocycles. The number of hydrogen-bond donors (Lipinski definition) is 0. The van der Waals surface area contributed by atoms with Crippen LogP contribution < -0.4 is 0 Å². The van der Waals surface area contributed by atoms with Crippen LogP contribution in [0.1, 0.15) is 24.3 Å². The molecule has 4 heteroatoms. The van der Waals surface area contributed by atoms with Crippen LogP contribution in [-0.4, -0.2) is 36.2 Å². The molecule has 15 heavy (non-hydrogen) atoms. The standard InChI is InChI=1S/C11H16N2OS/c1-2-11(3-1,10-12-4-9-15-10)13-5-7-14-8-6-13/h4,9H,1-3,5-8H2. The summed E-state index contributed by atoms with van der Waals surface area (Å²) >= 11 is 1.81. The molecule has 1 aromatic rings. The highest BCUT2D eigenvalue weighted by atomic mass is 32.1. The largest absolute Gasteiger partial charge is 0.379 e. The molecule has 0 spiro atoms. The van der Waals surface area contributed by atoms with Gasteiger partial charge >= 0.3 is 0 Å². The Kier molecular flexibility index (Phi) is 2.50. The molecule has 0 bridgehead atoms. The number of morpholine rings is 1. The SMILES string of the molecule is c1csc(C2(N3CCOCC3)CCC2)n1. The first-order valence-corrected chi connectivity index (χ1v) is 6.53. The lowest BCUT2D eigenvalue weighted by molar-refractivity contribution is -0.0596. The van der Waals surface area contributed by atoms with E-state index in [0.717, 1.165) is 26.3 Å². The first-order valence-electron chi connectivity index (χ1n) is 5.65. The van der Waals surface area contributed by atoms with Gasteiger partial charge in [0.05, 0.1) is 18.8 Å². The fourth-order valence-corrected chi connectivity index (χ4v) is 3.55. The molecule has 2 heterocycles. The van der Waals surface area contributed by atoms with Crippen LogP contribution in [-0.2, 0) is 10.3 Å². The molecule has 1 aliphatic carbocycles. The molecule has 1 aliphatic heterocycles. The summed E-state index contributed by atoms with van der Waals surface area (Å²) in [5.41, 5.74) is 0.276. The fraction of sp³-hybridized carbons (Fsp3) is 0.727. The van der Waals surface area contributed by atoms with Crippen molar-refractivity contribution in [2.75, 3.05) is 26.3 Å². The van der Waals surface area contributed by atoms with Gasteiger partial charge in [0.25, 0.3) is 0 Å². The van der Waals surface area contributed by atoms with Gasteiger partial charge in [0.15, 0.2) is 0 Å². The van der Waals surface area contributed by atoms with Crippen LogP contribution in [0.5, 0.6) is 0 Å². The average molecular weight is 224 g/mol. The Hall–Kier alpha value is -0.450. The third-order valence-electron chi connectivity index (χ3n) is 3.63. The highest BCUT2D eigenvalue weighted by molar-refractivity contribution is 7.09. The molecule has 3 nitrogen and oxygen atoms in total. The van der Waals surface area contributed by atoms with Crippen molar-refractivity contribution in [3.8, 4) is 0 Å². The fourth-order valence-electron chi connectivity index (χ4n) is 2.62. The Morgan fingerprint density at radius 2 is 2.13 bits per heavy atom. The summed E-state index contributed by atoms with van der Waals surface area (Å²) in [4.78, 5) is 7.10. The molecule has 3 rings (SSSR count). The number of thiazole rings is 1. The zero-order valence-electron chi connectivity index (χ0n) is 8.82. The minimum absolute atomic E-state index is 0.276. The second kappa shape index (κ2) is 3.85. The molecule has 0 radical (unpaired) electrons. The van der Waals surface area contributed by atoms with Crippen molar-refractivity contribution in [3.63, 3.8) is 0 Å². The lowest BCUT2D eigenvalue weighted by Gasteiger charge is -2.50. The molecule has 0 unspecified atom stereocenters. The van der Waals surface area contributed by atoms with Crippen molar-refractivity contribution in [2.24, 2.45) is 0 Å². The lowest BCUT2D eigenvalue weighted by Crippen LogP contribution is -2.55. The Balaban J connectivity index is 1.85. The molecule has 1 saturated carbocycles. The summed E-state index contributed by atoms with van der Waals surface area (Å²) in [6, 6.07) is 0. The van der Waals surface area contributed by atoms with E-state index in [1.165, 1.54) is 24.3 Å². The van der Waals surface area contributed by atoms with E-state index in [2.05, 4.69) is 15.3 Å². The quantitative estimate of drug-likeness (QED) is 0.766. The molecule has 0 atom stereocenters. The third kappa shape index (κ3) is 1.51. The van der Waals surface area contributed by atoms with Crippen molar-refractivity contribution in [3.05, 3.63) is 16.6 Å². The monoisotopic (exact) mass is 224 g/mol. The van der Waals surface area contributed by atoms with E-state index in [9.17, 15) is 0 Å². The number of aromatic nitrogens is 1. The Bertz CT molecular complexity index is 315. The van der Waals surface area contributed by atoms with Gasteiger partial charge in [-0.3, -0.25) is 4.90 Å². The van der Waals surface area contributed by atoms with Gasteiger partial charge in [0.1, 0.15) is 5.01 Å². The molecular weight excluding hydrogens is 208 g/mol. The molecule has 0 amide bonds. The van der Waals surface area contributed by atoms with Crippen LogP contribution in [0.3, 0.4) is 0 Å². The van der Waals surface area contributed by atoms with E-state index in [1.54, 1.807) is 11.3 Å². The molecular formula is C11H16N2OS. The predicted molar refractivity (Wildman–Crippen MR) is 60.0 cm³/mol. The second-order valence-corrected chi connectivity index (χ2v) is 5.22. The first kappa shape index (κ1) is 9.75. The second-order valence-electron chi connectivity index (χ2n) is 4.32. The normalized spacial score (nSPS) is 26.1. The zero-order chi connectivity index (χ0) is 10.1. The topological polar surface area (TPSA) is 25.4 Å². The van der Waals surface area contributed by atoms with Gasteiger partial charge < -0.3 is 4.74 Å². The van der Waals surface area contributed by atoms with Gasteiger partial charge in [-0.15, -0.1) is 11.3 Å². The van der Waals surface area contributed by atoms with E-state index in [1.807, 2.05) is 6.20 Å². The van der Waals surface area contributed by atoms with Crippen molar-refractivity contribution in [1.29, 1.82) is 0 Å². The Morgan fingerprint density at radius 3 is 2.67 bits per heavy atom. The van der Waals surface area contributed by atoms with Crippen molar-refractivity contribution >= 4 is 11.3 Å². The van der Waals surface area contributed by atoms with E-state index in [-0.39, 0.29) is 5.54 Å². The van der Waals surface area contributed by atoms with Crippen molar-refractivity contribution < 1.29 is 4.74 Å². The maximum absolute atomic E-state index is 5.42. The summed E-state index contributed by atoms with van der Waals surface area (Å²) in [6.45, 7) is 3.90. The van der Waals surface area contributed by atoms with Crippen LogP contribution in [0.2, 0.25) is 0 Å². The summed E-state index contributed by atoms with van der Waals surface area (Å²) in [5, 5.41) is 3.41. The molecule has 82 valence electrons. The number of hydrogen-bond acceptors (Lipinski definition) is 4. The highest BCUT2D eigenvalue weighted by Gasteiger charge is 2.46. The summed E-state index contributed by atoms with van der Waals surface area (Å²) in [7, 11) is 0. The van der Waals surface area contributed by atoms with Crippen LogP contribution >= 0.6 is 11.3 Å². The highest BCUT2D eigenvalue weighted by Crippen LogP contribution is 2.47. The van der Waals surface area contributed by atoms with E-state index in [4.69, 9.17) is 4.74 Å². The van der Waals surface area contributed by atoms with Gasteiger partial charge in [-0.05, 0) is 19.3 Å². The summed E-state index contributed by atoms with van der Waals surface area (Å²) in [5.74, 6) is 0. The first-order chi connectivity index (χ1) is 7.42. The van der Waals surface area contributed by atoms with Crippen LogP contribution in [0.15, 0.2) is 11.6 Å².